The molecule has 1 saturated heterocycles. The van der Waals surface area contributed by atoms with Crippen LogP contribution in [-0.4, -0.2) is 56.7 Å². The second-order valence-corrected chi connectivity index (χ2v) is 5.71. The second-order valence-electron chi connectivity index (χ2n) is 4.15. The Bertz CT molecular complexity index is 282. The highest BCUT2D eigenvalue weighted by Gasteiger charge is 2.38. The number of aliphatic hydroxyl groups excluding tert-OH is 1. The molecule has 2 unspecified atom stereocenters. The molecule has 2 N–H and O–H groups in total. The van der Waals surface area contributed by atoms with Crippen molar-refractivity contribution in [2.75, 3.05) is 12.3 Å². The molecule has 5 nitrogen and oxygen atoms in total. The van der Waals surface area contributed by atoms with E-state index in [1.54, 1.807) is 0 Å². The van der Waals surface area contributed by atoms with Crippen LogP contribution in [0, 0.1) is 0 Å². The van der Waals surface area contributed by atoms with Gasteiger partial charge in [-0.15, -0.1) is 11.8 Å². The predicted octanol–water partition coefficient (Wildman–Crippen LogP) is 0.174. The zero-order valence-electron chi connectivity index (χ0n) is 9.42. The average molecular weight is 247 g/mol. The van der Waals surface area contributed by atoms with E-state index in [1.165, 1.54) is 16.7 Å². The van der Waals surface area contributed by atoms with Gasteiger partial charge < -0.3 is 15.1 Å². The summed E-state index contributed by atoms with van der Waals surface area (Å²) in [5.41, 5.74) is 0. The fraction of sp³-hybridized carbons (Fsp3) is 0.800. The van der Waals surface area contributed by atoms with Crippen LogP contribution in [0.25, 0.3) is 0 Å². The lowest BCUT2D eigenvalue weighted by molar-refractivity contribution is -0.147. The topological polar surface area (TPSA) is 77.8 Å². The monoisotopic (exact) mass is 247 g/mol. The molecule has 0 radical (unpaired) electrons. The summed E-state index contributed by atoms with van der Waals surface area (Å²) in [6.07, 6.45) is -0.581. The summed E-state index contributed by atoms with van der Waals surface area (Å²) in [6, 6.07) is -0.865. The Kier molecular flexibility index (Phi) is 4.61. The van der Waals surface area contributed by atoms with Crippen LogP contribution in [0.2, 0.25) is 0 Å². The van der Waals surface area contributed by atoms with Crippen molar-refractivity contribution in [2.24, 2.45) is 0 Å². The van der Waals surface area contributed by atoms with Gasteiger partial charge in [0.25, 0.3) is 0 Å². The average Bonchev–Trinajstić information content (AvgIpc) is 2.56. The standard InChI is InChI=1S/C10H17NO4S/c1-6(2)16-5-9(13)11-4-7(12)3-8(11)10(14)15/h6-8,12H,3-5H2,1-2H3,(H,14,15). The maximum atomic E-state index is 11.7. The predicted molar refractivity (Wildman–Crippen MR) is 61.4 cm³/mol. The first-order valence-corrected chi connectivity index (χ1v) is 6.28. The number of aliphatic hydroxyl groups is 1. The Labute approximate surface area is 98.8 Å². The van der Waals surface area contributed by atoms with Gasteiger partial charge in [-0.2, -0.15) is 0 Å². The number of thioether (sulfide) groups is 1. The van der Waals surface area contributed by atoms with Crippen LogP contribution in [0.3, 0.4) is 0 Å². The molecule has 0 aromatic rings. The smallest absolute Gasteiger partial charge is 0.326 e. The van der Waals surface area contributed by atoms with E-state index in [-0.39, 0.29) is 24.6 Å². The van der Waals surface area contributed by atoms with Gasteiger partial charge in [-0.3, -0.25) is 4.79 Å². The number of β-amino-alcohol motifs (C(OH)–C–C–N with tert-alkyl or cyclic N) is 1. The van der Waals surface area contributed by atoms with Crippen molar-refractivity contribution >= 4 is 23.6 Å². The van der Waals surface area contributed by atoms with Crippen molar-refractivity contribution in [2.45, 2.75) is 37.7 Å². The molecule has 0 aliphatic carbocycles. The van der Waals surface area contributed by atoms with E-state index in [1.807, 2.05) is 13.8 Å². The van der Waals surface area contributed by atoms with Gasteiger partial charge in [0.15, 0.2) is 0 Å². The Balaban J connectivity index is 2.56. The van der Waals surface area contributed by atoms with E-state index in [0.717, 1.165) is 0 Å². The van der Waals surface area contributed by atoms with Crippen LogP contribution in [0.1, 0.15) is 20.3 Å². The lowest BCUT2D eigenvalue weighted by Crippen LogP contribution is -2.41. The van der Waals surface area contributed by atoms with Crippen molar-refractivity contribution in [1.29, 1.82) is 0 Å². The van der Waals surface area contributed by atoms with Gasteiger partial charge in [-0.1, -0.05) is 13.8 Å². The first-order valence-electron chi connectivity index (χ1n) is 5.23. The number of carboxylic acid groups (broad SMARTS) is 1. The lowest BCUT2D eigenvalue weighted by Gasteiger charge is -2.21. The van der Waals surface area contributed by atoms with Gasteiger partial charge in [-0.05, 0) is 5.25 Å². The molecule has 1 amide bonds. The highest BCUT2D eigenvalue weighted by atomic mass is 32.2. The molecule has 1 aliphatic rings. The van der Waals surface area contributed by atoms with Gasteiger partial charge in [0.05, 0.1) is 11.9 Å². The third-order valence-corrected chi connectivity index (χ3v) is 3.50. The number of carbonyl (C=O) groups is 2. The van der Waals surface area contributed by atoms with Crippen molar-refractivity contribution < 1.29 is 19.8 Å². The van der Waals surface area contributed by atoms with Crippen LogP contribution in [0.4, 0.5) is 0 Å². The fourth-order valence-corrected chi connectivity index (χ4v) is 2.29. The number of carboxylic acids is 1. The summed E-state index contributed by atoms with van der Waals surface area (Å²) >= 11 is 1.48. The van der Waals surface area contributed by atoms with E-state index >= 15 is 0 Å². The number of hydrogen-bond acceptors (Lipinski definition) is 4. The molecule has 0 spiro atoms. The summed E-state index contributed by atoms with van der Waals surface area (Å²) in [5, 5.41) is 18.6. The van der Waals surface area contributed by atoms with E-state index in [4.69, 9.17) is 5.11 Å². The summed E-state index contributed by atoms with van der Waals surface area (Å²) in [5.74, 6) is -0.976. The second kappa shape index (κ2) is 5.54. The highest BCUT2D eigenvalue weighted by molar-refractivity contribution is 8.00. The van der Waals surface area contributed by atoms with E-state index in [2.05, 4.69) is 0 Å². The minimum absolute atomic E-state index is 0.132. The van der Waals surface area contributed by atoms with E-state index < -0.39 is 18.1 Å². The molecule has 1 fully saturated rings. The third-order valence-electron chi connectivity index (χ3n) is 2.42. The van der Waals surface area contributed by atoms with Crippen molar-refractivity contribution in [3.8, 4) is 0 Å². The fourth-order valence-electron chi connectivity index (χ4n) is 1.64. The molecule has 1 heterocycles. The summed E-state index contributed by atoms with van der Waals surface area (Å²) in [4.78, 5) is 23.9. The van der Waals surface area contributed by atoms with Crippen LogP contribution in [0.15, 0.2) is 0 Å². The third kappa shape index (κ3) is 3.38. The molecule has 92 valence electrons. The summed E-state index contributed by atoms with van der Waals surface area (Å²) in [7, 11) is 0. The maximum absolute atomic E-state index is 11.7. The zero-order valence-corrected chi connectivity index (χ0v) is 10.2. The molecular weight excluding hydrogens is 230 g/mol. The number of nitrogens with zero attached hydrogens (tertiary/aromatic N) is 1. The first-order chi connectivity index (χ1) is 7.41. The summed E-state index contributed by atoms with van der Waals surface area (Å²) in [6.45, 7) is 4.09. The lowest BCUT2D eigenvalue weighted by atomic mass is 10.2. The van der Waals surface area contributed by atoms with Gasteiger partial charge in [0.2, 0.25) is 5.91 Å². The number of rotatable bonds is 4. The Morgan fingerprint density at radius 1 is 1.50 bits per heavy atom. The zero-order chi connectivity index (χ0) is 12.3. The van der Waals surface area contributed by atoms with Gasteiger partial charge >= 0.3 is 5.97 Å². The molecule has 0 aromatic heterocycles. The molecule has 0 aromatic carbocycles. The largest absolute Gasteiger partial charge is 0.480 e. The molecule has 2 atom stereocenters. The van der Waals surface area contributed by atoms with Crippen LogP contribution >= 0.6 is 11.8 Å². The number of likely N-dealkylation sites (tertiary alicyclic amines) is 1. The molecule has 1 rings (SSSR count). The molecule has 16 heavy (non-hydrogen) atoms. The highest BCUT2D eigenvalue weighted by Crippen LogP contribution is 2.20. The molecule has 6 heteroatoms. The van der Waals surface area contributed by atoms with Gasteiger partial charge in [0, 0.05) is 13.0 Å². The number of hydrogen-bond donors (Lipinski definition) is 2. The van der Waals surface area contributed by atoms with Crippen molar-refractivity contribution in [3.05, 3.63) is 0 Å². The van der Waals surface area contributed by atoms with Crippen molar-refractivity contribution in [1.82, 2.24) is 4.90 Å². The van der Waals surface area contributed by atoms with Gasteiger partial charge in [-0.25, -0.2) is 4.79 Å². The molecule has 0 saturated carbocycles. The van der Waals surface area contributed by atoms with E-state index in [0.29, 0.717) is 5.25 Å². The molecular formula is C10H17NO4S. The van der Waals surface area contributed by atoms with Crippen LogP contribution in [-0.2, 0) is 9.59 Å². The SMILES string of the molecule is CC(C)SCC(=O)N1CC(O)CC1C(=O)O. The quantitative estimate of drug-likeness (QED) is 0.740. The number of aliphatic carboxylic acids is 1. The van der Waals surface area contributed by atoms with Crippen LogP contribution in [0.5, 0.6) is 0 Å². The van der Waals surface area contributed by atoms with E-state index in [9.17, 15) is 14.7 Å². The van der Waals surface area contributed by atoms with Crippen molar-refractivity contribution in [3.63, 3.8) is 0 Å². The number of carbonyl (C=O) groups excluding carboxylic acids is 1. The Morgan fingerprint density at radius 2 is 2.12 bits per heavy atom. The van der Waals surface area contributed by atoms with Crippen LogP contribution < -0.4 is 0 Å². The minimum Gasteiger partial charge on any atom is -0.480 e. The summed E-state index contributed by atoms with van der Waals surface area (Å²) < 4.78 is 0. The van der Waals surface area contributed by atoms with Gasteiger partial charge in [0.1, 0.15) is 6.04 Å². The Morgan fingerprint density at radius 3 is 2.62 bits per heavy atom. The first kappa shape index (κ1) is 13.3. The minimum atomic E-state index is -1.04. The number of amides is 1. The molecule has 0 bridgehead atoms. The maximum Gasteiger partial charge on any atom is 0.326 e. The Hall–Kier alpha value is -0.750. The normalized spacial score (nSPS) is 25.1. The molecule has 1 aliphatic heterocycles.